The maximum Gasteiger partial charge on any atom is 0.269 e. The summed E-state index contributed by atoms with van der Waals surface area (Å²) < 4.78 is 22.8. The highest BCUT2D eigenvalue weighted by Crippen LogP contribution is 2.22. The quantitative estimate of drug-likeness (QED) is 0.807. The van der Waals surface area contributed by atoms with Gasteiger partial charge in [0, 0.05) is 17.4 Å². The Morgan fingerprint density at radius 1 is 0.769 bits per heavy atom. The number of hydrogen-bond acceptors (Lipinski definition) is 4. The van der Waals surface area contributed by atoms with Gasteiger partial charge in [-0.05, 0) is 47.4 Å². The number of hydrogen-bond donors (Lipinski definition) is 2. The van der Waals surface area contributed by atoms with E-state index in [0.29, 0.717) is 5.56 Å². The van der Waals surface area contributed by atoms with Gasteiger partial charge >= 0.3 is 0 Å². The van der Waals surface area contributed by atoms with Gasteiger partial charge in [0.05, 0.1) is 4.90 Å². The van der Waals surface area contributed by atoms with E-state index in [1.54, 1.807) is 12.1 Å². The lowest BCUT2D eigenvalue weighted by atomic mass is 9.87. The minimum absolute atomic E-state index is 0.0125. The fourth-order valence-corrected chi connectivity index (χ4v) is 2.86. The molecule has 2 N–H and O–H groups in total. The lowest BCUT2D eigenvalue weighted by molar-refractivity contribution is 0.0846. The Balaban J connectivity index is 1.99. The number of hydrazine groups is 1. The maximum absolute atomic E-state index is 12.1. The van der Waals surface area contributed by atoms with Crippen molar-refractivity contribution in [2.75, 3.05) is 6.26 Å². The number of carbonyl (C=O) groups excluding carboxylic acids is 2. The first kappa shape index (κ1) is 19.7. The van der Waals surface area contributed by atoms with Crippen LogP contribution in [0, 0.1) is 0 Å². The van der Waals surface area contributed by atoms with Crippen LogP contribution in [0.15, 0.2) is 53.4 Å². The van der Waals surface area contributed by atoms with Crippen LogP contribution in [0.4, 0.5) is 0 Å². The molecule has 0 atom stereocenters. The van der Waals surface area contributed by atoms with E-state index < -0.39 is 21.7 Å². The summed E-state index contributed by atoms with van der Waals surface area (Å²) in [6, 6.07) is 12.6. The fourth-order valence-electron chi connectivity index (χ4n) is 2.23. The van der Waals surface area contributed by atoms with E-state index in [2.05, 4.69) is 31.6 Å². The van der Waals surface area contributed by atoms with Crippen LogP contribution in [0.5, 0.6) is 0 Å². The second-order valence-corrected chi connectivity index (χ2v) is 9.05. The summed E-state index contributed by atoms with van der Waals surface area (Å²) in [5.74, 6) is -0.976. The molecule has 0 spiro atoms. The second kappa shape index (κ2) is 7.29. The number of amides is 2. The van der Waals surface area contributed by atoms with Gasteiger partial charge in [0.1, 0.15) is 0 Å². The van der Waals surface area contributed by atoms with E-state index in [1.165, 1.54) is 24.3 Å². The molecule has 0 aliphatic rings. The van der Waals surface area contributed by atoms with Gasteiger partial charge in [0.15, 0.2) is 9.84 Å². The lowest BCUT2D eigenvalue weighted by Gasteiger charge is -2.19. The van der Waals surface area contributed by atoms with Gasteiger partial charge in [-0.25, -0.2) is 8.42 Å². The standard InChI is InChI=1S/C19H22N2O4S/c1-19(2,3)15-9-5-13(6-10-15)17(22)20-21-18(23)14-7-11-16(12-8-14)26(4,24)25/h5-12H,1-4H3,(H,20,22)(H,21,23). The monoisotopic (exact) mass is 374 g/mol. The van der Waals surface area contributed by atoms with E-state index in [9.17, 15) is 18.0 Å². The molecule has 6 nitrogen and oxygen atoms in total. The fraction of sp³-hybridized carbons (Fsp3) is 0.263. The molecule has 7 heteroatoms. The molecule has 0 fully saturated rings. The number of benzene rings is 2. The largest absolute Gasteiger partial charge is 0.269 e. The van der Waals surface area contributed by atoms with Crippen molar-refractivity contribution in [3.63, 3.8) is 0 Å². The Morgan fingerprint density at radius 2 is 1.15 bits per heavy atom. The third kappa shape index (κ3) is 4.92. The molecule has 2 rings (SSSR count). The average Bonchev–Trinajstić information content (AvgIpc) is 2.58. The van der Waals surface area contributed by atoms with Crippen molar-refractivity contribution >= 4 is 21.7 Å². The SMILES string of the molecule is CC(C)(C)c1ccc(C(=O)NNC(=O)c2ccc(S(C)(=O)=O)cc2)cc1. The first-order chi connectivity index (χ1) is 12.0. The number of carbonyl (C=O) groups is 2. The van der Waals surface area contributed by atoms with Crippen molar-refractivity contribution in [2.45, 2.75) is 31.1 Å². The normalized spacial score (nSPS) is 11.7. The molecule has 0 aliphatic heterocycles. The zero-order chi connectivity index (χ0) is 19.5. The van der Waals surface area contributed by atoms with E-state index >= 15 is 0 Å². The van der Waals surface area contributed by atoms with Gasteiger partial charge in [0.2, 0.25) is 0 Å². The van der Waals surface area contributed by atoms with Crippen molar-refractivity contribution in [3.8, 4) is 0 Å². The van der Waals surface area contributed by atoms with E-state index in [1.807, 2.05) is 12.1 Å². The topological polar surface area (TPSA) is 92.3 Å². The Hall–Kier alpha value is -2.67. The van der Waals surface area contributed by atoms with Crippen LogP contribution in [0.1, 0.15) is 47.1 Å². The second-order valence-electron chi connectivity index (χ2n) is 7.03. The van der Waals surface area contributed by atoms with Crippen LogP contribution >= 0.6 is 0 Å². The molecule has 2 amide bonds. The predicted molar refractivity (Wildman–Crippen MR) is 99.6 cm³/mol. The minimum Gasteiger partial charge on any atom is -0.267 e. The number of nitrogens with one attached hydrogen (secondary N) is 2. The van der Waals surface area contributed by atoms with E-state index in [-0.39, 0.29) is 15.9 Å². The van der Waals surface area contributed by atoms with Crippen molar-refractivity contribution in [1.29, 1.82) is 0 Å². The van der Waals surface area contributed by atoms with E-state index in [4.69, 9.17) is 0 Å². The summed E-state index contributed by atoms with van der Waals surface area (Å²) in [6.45, 7) is 6.24. The predicted octanol–water partition coefficient (Wildman–Crippen LogP) is 2.46. The van der Waals surface area contributed by atoms with Gasteiger partial charge in [0.25, 0.3) is 11.8 Å². The molecule has 2 aromatic carbocycles. The van der Waals surface area contributed by atoms with Gasteiger partial charge in [-0.15, -0.1) is 0 Å². The first-order valence-corrected chi connectivity index (χ1v) is 9.89. The average molecular weight is 374 g/mol. The smallest absolute Gasteiger partial charge is 0.267 e. The Bertz CT molecular complexity index is 910. The van der Waals surface area contributed by atoms with E-state index in [0.717, 1.165) is 11.8 Å². The summed E-state index contributed by atoms with van der Waals surface area (Å²) >= 11 is 0. The molecule has 0 aromatic heterocycles. The number of rotatable bonds is 3. The summed E-state index contributed by atoms with van der Waals surface area (Å²) in [5.41, 5.74) is 6.40. The highest BCUT2D eigenvalue weighted by Gasteiger charge is 2.15. The Morgan fingerprint density at radius 3 is 1.50 bits per heavy atom. The maximum atomic E-state index is 12.1. The highest BCUT2D eigenvalue weighted by molar-refractivity contribution is 7.90. The third-order valence-corrected chi connectivity index (χ3v) is 4.98. The summed E-state index contributed by atoms with van der Waals surface area (Å²) in [6.07, 6.45) is 1.09. The Kier molecular flexibility index (Phi) is 5.51. The lowest BCUT2D eigenvalue weighted by Crippen LogP contribution is -2.41. The van der Waals surface area contributed by atoms with Gasteiger partial charge in [-0.2, -0.15) is 0 Å². The number of sulfone groups is 1. The molecule has 0 saturated heterocycles. The summed E-state index contributed by atoms with van der Waals surface area (Å²) in [4.78, 5) is 24.3. The molecule has 0 saturated carbocycles. The zero-order valence-corrected chi connectivity index (χ0v) is 16.0. The zero-order valence-electron chi connectivity index (χ0n) is 15.2. The van der Waals surface area contributed by atoms with Crippen LogP contribution in [0.25, 0.3) is 0 Å². The summed E-state index contributed by atoms with van der Waals surface area (Å²) in [7, 11) is -3.32. The minimum atomic E-state index is -3.32. The molecule has 0 heterocycles. The molecule has 0 aliphatic carbocycles. The van der Waals surface area contributed by atoms with Crippen LogP contribution < -0.4 is 10.9 Å². The molecular formula is C19H22N2O4S. The molecule has 0 bridgehead atoms. The third-order valence-electron chi connectivity index (χ3n) is 3.85. The van der Waals surface area contributed by atoms with Crippen molar-refractivity contribution in [3.05, 3.63) is 65.2 Å². The molecule has 138 valence electrons. The Labute approximate surface area is 153 Å². The van der Waals surface area contributed by atoms with Crippen molar-refractivity contribution < 1.29 is 18.0 Å². The van der Waals surface area contributed by atoms with Gasteiger partial charge < -0.3 is 0 Å². The highest BCUT2D eigenvalue weighted by atomic mass is 32.2. The first-order valence-electron chi connectivity index (χ1n) is 8.00. The molecule has 0 unspecified atom stereocenters. The van der Waals surface area contributed by atoms with Crippen LogP contribution in [-0.4, -0.2) is 26.5 Å². The molecular weight excluding hydrogens is 352 g/mol. The van der Waals surface area contributed by atoms with Crippen LogP contribution in [0.3, 0.4) is 0 Å². The van der Waals surface area contributed by atoms with Crippen LogP contribution in [0.2, 0.25) is 0 Å². The molecule has 26 heavy (non-hydrogen) atoms. The van der Waals surface area contributed by atoms with Gasteiger partial charge in [-0.3, -0.25) is 20.4 Å². The van der Waals surface area contributed by atoms with Crippen molar-refractivity contribution in [2.24, 2.45) is 0 Å². The van der Waals surface area contributed by atoms with Crippen molar-refractivity contribution in [1.82, 2.24) is 10.9 Å². The molecule has 0 radical (unpaired) electrons. The summed E-state index contributed by atoms with van der Waals surface area (Å²) in [5, 5.41) is 0. The molecule has 2 aromatic rings. The van der Waals surface area contributed by atoms with Gasteiger partial charge in [-0.1, -0.05) is 32.9 Å². The van der Waals surface area contributed by atoms with Crippen LogP contribution in [-0.2, 0) is 15.3 Å².